The van der Waals surface area contributed by atoms with Crippen molar-refractivity contribution in [3.8, 4) is 0 Å². The van der Waals surface area contributed by atoms with E-state index in [4.69, 9.17) is 10.2 Å². The van der Waals surface area contributed by atoms with Crippen LogP contribution in [0, 0.1) is 27.7 Å². The van der Waals surface area contributed by atoms with Crippen LogP contribution in [0.2, 0.25) is 0 Å². The lowest BCUT2D eigenvalue weighted by atomic mass is 10.00. The first-order valence-electron chi connectivity index (χ1n) is 5.88. The van der Waals surface area contributed by atoms with Gasteiger partial charge in [0.25, 0.3) is 0 Å². The van der Waals surface area contributed by atoms with E-state index in [1.54, 1.807) is 0 Å². The first-order valence-corrected chi connectivity index (χ1v) is 5.88. The number of furan rings is 1. The van der Waals surface area contributed by atoms with E-state index in [2.05, 4.69) is 32.0 Å². The Morgan fingerprint density at radius 3 is 2.18 bits per heavy atom. The third-order valence-corrected chi connectivity index (χ3v) is 3.38. The Balaban J connectivity index is 2.36. The highest BCUT2D eigenvalue weighted by Gasteiger charge is 2.14. The molecule has 2 aromatic rings. The topological polar surface area (TPSA) is 39.2 Å². The van der Waals surface area contributed by atoms with E-state index in [1.807, 2.05) is 19.9 Å². The van der Waals surface area contributed by atoms with E-state index in [0.717, 1.165) is 22.6 Å². The summed E-state index contributed by atoms with van der Waals surface area (Å²) in [5, 5.41) is 0. The Morgan fingerprint density at radius 1 is 0.941 bits per heavy atom. The maximum absolute atomic E-state index is 6.22. The molecule has 1 unspecified atom stereocenters. The fourth-order valence-corrected chi connectivity index (χ4v) is 1.88. The smallest absolute Gasteiger partial charge is 0.125 e. The van der Waals surface area contributed by atoms with Crippen LogP contribution >= 0.6 is 0 Å². The Hall–Kier alpha value is -1.54. The molecule has 0 amide bonds. The minimum atomic E-state index is -0.179. The number of aryl methyl sites for hydroxylation is 4. The van der Waals surface area contributed by atoms with Gasteiger partial charge in [-0.1, -0.05) is 18.2 Å². The van der Waals surface area contributed by atoms with Gasteiger partial charge in [0.1, 0.15) is 11.5 Å². The molecule has 0 saturated heterocycles. The van der Waals surface area contributed by atoms with Gasteiger partial charge in [-0.15, -0.1) is 0 Å². The van der Waals surface area contributed by atoms with Crippen molar-refractivity contribution in [1.29, 1.82) is 0 Å². The minimum Gasteiger partial charge on any atom is -0.464 e. The molecule has 0 saturated carbocycles. The zero-order valence-electron chi connectivity index (χ0n) is 10.9. The maximum Gasteiger partial charge on any atom is 0.125 e. The lowest BCUT2D eigenvalue weighted by Gasteiger charge is -2.11. The van der Waals surface area contributed by atoms with Gasteiger partial charge in [0, 0.05) is 0 Å². The van der Waals surface area contributed by atoms with Crippen LogP contribution in [0.1, 0.15) is 39.8 Å². The van der Waals surface area contributed by atoms with Crippen molar-refractivity contribution in [1.82, 2.24) is 0 Å². The average molecular weight is 229 g/mol. The third-order valence-electron chi connectivity index (χ3n) is 3.38. The molecule has 1 atom stereocenters. The summed E-state index contributed by atoms with van der Waals surface area (Å²) in [6.45, 7) is 8.21. The Bertz CT molecular complexity index is 520. The largest absolute Gasteiger partial charge is 0.464 e. The molecule has 0 radical (unpaired) electrons. The van der Waals surface area contributed by atoms with E-state index < -0.39 is 0 Å². The fraction of sp³-hybridized carbons (Fsp3) is 0.333. The van der Waals surface area contributed by atoms with Crippen molar-refractivity contribution < 1.29 is 4.42 Å². The number of nitrogens with two attached hydrogens (primary N) is 1. The molecule has 2 N–H and O–H groups in total. The number of hydrogen-bond donors (Lipinski definition) is 1. The van der Waals surface area contributed by atoms with E-state index in [-0.39, 0.29) is 6.04 Å². The highest BCUT2D eigenvalue weighted by Crippen LogP contribution is 2.25. The van der Waals surface area contributed by atoms with Crippen LogP contribution in [0.5, 0.6) is 0 Å². The lowest BCUT2D eigenvalue weighted by Crippen LogP contribution is -2.11. The Labute approximate surface area is 102 Å². The van der Waals surface area contributed by atoms with E-state index in [0.29, 0.717) is 0 Å². The second-order valence-electron chi connectivity index (χ2n) is 4.71. The lowest BCUT2D eigenvalue weighted by molar-refractivity contribution is 0.465. The summed E-state index contributed by atoms with van der Waals surface area (Å²) in [7, 11) is 0. The van der Waals surface area contributed by atoms with E-state index in [1.165, 1.54) is 11.1 Å². The zero-order valence-corrected chi connectivity index (χ0v) is 10.9. The van der Waals surface area contributed by atoms with E-state index >= 15 is 0 Å². The molecule has 1 aromatic heterocycles. The van der Waals surface area contributed by atoms with Gasteiger partial charge in [0.05, 0.1) is 6.04 Å². The Kier molecular flexibility index (Phi) is 3.07. The van der Waals surface area contributed by atoms with Crippen molar-refractivity contribution in [3.63, 3.8) is 0 Å². The van der Waals surface area contributed by atoms with E-state index in [9.17, 15) is 0 Å². The molecular weight excluding hydrogens is 210 g/mol. The van der Waals surface area contributed by atoms with Crippen LogP contribution in [0.4, 0.5) is 0 Å². The van der Waals surface area contributed by atoms with Crippen LogP contribution < -0.4 is 5.73 Å². The molecule has 0 aliphatic rings. The molecule has 0 bridgehead atoms. The molecule has 2 heteroatoms. The summed E-state index contributed by atoms with van der Waals surface area (Å²) in [5.74, 6) is 1.78. The second-order valence-corrected chi connectivity index (χ2v) is 4.71. The van der Waals surface area contributed by atoms with Crippen molar-refractivity contribution >= 4 is 0 Å². The quantitative estimate of drug-likeness (QED) is 0.855. The summed E-state index contributed by atoms with van der Waals surface area (Å²) in [5.41, 5.74) is 11.0. The van der Waals surface area contributed by atoms with Crippen LogP contribution in [0.3, 0.4) is 0 Å². The van der Waals surface area contributed by atoms with Crippen LogP contribution in [0.25, 0.3) is 0 Å². The normalized spacial score (nSPS) is 12.8. The molecule has 17 heavy (non-hydrogen) atoms. The summed E-state index contributed by atoms with van der Waals surface area (Å²) >= 11 is 0. The van der Waals surface area contributed by atoms with Crippen LogP contribution in [-0.4, -0.2) is 0 Å². The third kappa shape index (κ3) is 2.27. The van der Waals surface area contributed by atoms with Crippen LogP contribution in [-0.2, 0) is 0 Å². The van der Waals surface area contributed by atoms with Crippen molar-refractivity contribution in [2.24, 2.45) is 5.73 Å². The van der Waals surface area contributed by atoms with Gasteiger partial charge in [0.2, 0.25) is 0 Å². The van der Waals surface area contributed by atoms with Gasteiger partial charge in [-0.2, -0.15) is 0 Å². The molecular formula is C15H19NO. The highest BCUT2D eigenvalue weighted by atomic mass is 16.3. The summed E-state index contributed by atoms with van der Waals surface area (Å²) in [6.07, 6.45) is 0. The van der Waals surface area contributed by atoms with Gasteiger partial charge < -0.3 is 10.2 Å². The molecule has 0 aliphatic heterocycles. The maximum atomic E-state index is 6.22. The first kappa shape index (κ1) is 11.9. The van der Waals surface area contributed by atoms with Gasteiger partial charge in [-0.05, 0) is 56.0 Å². The molecule has 0 fully saturated rings. The molecule has 90 valence electrons. The molecule has 0 aliphatic carbocycles. The van der Waals surface area contributed by atoms with Crippen molar-refractivity contribution in [3.05, 3.63) is 58.0 Å². The molecule has 2 nitrogen and oxygen atoms in total. The predicted octanol–water partition coefficient (Wildman–Crippen LogP) is 3.56. The van der Waals surface area contributed by atoms with Gasteiger partial charge >= 0.3 is 0 Å². The minimum absolute atomic E-state index is 0.179. The summed E-state index contributed by atoms with van der Waals surface area (Å²) in [4.78, 5) is 0. The van der Waals surface area contributed by atoms with Crippen molar-refractivity contribution in [2.45, 2.75) is 33.7 Å². The van der Waals surface area contributed by atoms with Gasteiger partial charge in [0.15, 0.2) is 0 Å². The van der Waals surface area contributed by atoms with Crippen molar-refractivity contribution in [2.75, 3.05) is 0 Å². The van der Waals surface area contributed by atoms with Crippen LogP contribution in [0.15, 0.2) is 28.7 Å². The predicted molar refractivity (Wildman–Crippen MR) is 70.1 cm³/mol. The van der Waals surface area contributed by atoms with Gasteiger partial charge in [-0.25, -0.2) is 0 Å². The standard InChI is InChI=1S/C15H19NO/c1-9-5-6-13(7-10(9)2)15(16)14-8-11(3)12(4)17-14/h5-8,15H,16H2,1-4H3. The van der Waals surface area contributed by atoms with Gasteiger partial charge in [-0.3, -0.25) is 0 Å². The summed E-state index contributed by atoms with van der Waals surface area (Å²) in [6, 6.07) is 8.15. The fourth-order valence-electron chi connectivity index (χ4n) is 1.88. The first-order chi connectivity index (χ1) is 7.99. The molecule has 1 aromatic carbocycles. The Morgan fingerprint density at radius 2 is 1.65 bits per heavy atom. The number of benzene rings is 1. The monoisotopic (exact) mass is 229 g/mol. The molecule has 1 heterocycles. The molecule has 0 spiro atoms. The second kappa shape index (κ2) is 4.38. The summed E-state index contributed by atoms with van der Waals surface area (Å²) < 4.78 is 5.68. The zero-order chi connectivity index (χ0) is 12.6. The highest BCUT2D eigenvalue weighted by molar-refractivity contribution is 5.35. The SMILES string of the molecule is Cc1ccc(C(N)c2cc(C)c(C)o2)cc1C. The molecule has 2 rings (SSSR count). The number of rotatable bonds is 2. The number of hydrogen-bond acceptors (Lipinski definition) is 2. The average Bonchev–Trinajstić information content (AvgIpc) is 2.62.